The molecule has 0 radical (unpaired) electrons. The van der Waals surface area contributed by atoms with Gasteiger partial charge < -0.3 is 0 Å². The number of hydrogen-bond donors (Lipinski definition) is 0. The van der Waals surface area contributed by atoms with E-state index in [-0.39, 0.29) is 0 Å². The van der Waals surface area contributed by atoms with E-state index >= 15 is 0 Å². The van der Waals surface area contributed by atoms with Gasteiger partial charge in [-0.25, -0.2) is 0 Å². The van der Waals surface area contributed by atoms with Gasteiger partial charge in [0, 0.05) is 12.6 Å². The van der Waals surface area contributed by atoms with Crippen molar-refractivity contribution in [3.8, 4) is 6.19 Å². The third kappa shape index (κ3) is 1.72. The van der Waals surface area contributed by atoms with Gasteiger partial charge in [0.1, 0.15) is 11.0 Å². The molecule has 18 heavy (non-hydrogen) atoms. The lowest BCUT2D eigenvalue weighted by molar-refractivity contribution is 0.884. The number of rotatable bonds is 2. The molecule has 0 atom stereocenters. The van der Waals surface area contributed by atoms with E-state index in [9.17, 15) is 0 Å². The fourth-order valence-corrected chi connectivity index (χ4v) is 2.00. The van der Waals surface area contributed by atoms with Crippen molar-refractivity contribution < 1.29 is 0 Å². The standard InChI is InChI=1S/C14H10N4/c15-10-18-13-7-4-8-16-14(13)12(17-18)9-11-5-2-1-3-6-11/h1-8H,9H2. The second kappa shape index (κ2) is 4.30. The summed E-state index contributed by atoms with van der Waals surface area (Å²) >= 11 is 0. The van der Waals surface area contributed by atoms with Crippen LogP contribution in [0.3, 0.4) is 0 Å². The Hall–Kier alpha value is -2.67. The van der Waals surface area contributed by atoms with Gasteiger partial charge in [0.25, 0.3) is 0 Å². The van der Waals surface area contributed by atoms with Crippen LogP contribution in [0.4, 0.5) is 0 Å². The fourth-order valence-electron chi connectivity index (χ4n) is 2.00. The van der Waals surface area contributed by atoms with Gasteiger partial charge in [0.05, 0.1) is 5.69 Å². The Kier molecular flexibility index (Phi) is 2.50. The first-order valence-corrected chi connectivity index (χ1v) is 5.65. The Labute approximate surface area is 104 Å². The maximum atomic E-state index is 9.04. The second-order valence-corrected chi connectivity index (χ2v) is 3.99. The number of nitrogens with zero attached hydrogens (tertiary/aromatic N) is 4. The molecule has 0 saturated heterocycles. The van der Waals surface area contributed by atoms with Gasteiger partial charge in [-0.3, -0.25) is 4.98 Å². The predicted molar refractivity (Wildman–Crippen MR) is 67.8 cm³/mol. The van der Waals surface area contributed by atoms with Crippen LogP contribution in [0.1, 0.15) is 11.3 Å². The average Bonchev–Trinajstić information content (AvgIpc) is 2.78. The lowest BCUT2D eigenvalue weighted by Gasteiger charge is -1.97. The molecule has 2 heterocycles. The molecule has 0 unspecified atom stereocenters. The molecule has 0 bridgehead atoms. The predicted octanol–water partition coefficient (Wildman–Crippen LogP) is 2.35. The van der Waals surface area contributed by atoms with Crippen LogP contribution in [0.15, 0.2) is 48.7 Å². The van der Waals surface area contributed by atoms with E-state index in [1.807, 2.05) is 48.7 Å². The molecule has 3 rings (SSSR count). The normalized spacial score (nSPS) is 10.4. The maximum Gasteiger partial charge on any atom is 0.207 e. The summed E-state index contributed by atoms with van der Waals surface area (Å²) in [5.74, 6) is 0. The minimum atomic E-state index is 0.684. The van der Waals surface area contributed by atoms with Gasteiger partial charge in [0.2, 0.25) is 6.19 Å². The topological polar surface area (TPSA) is 54.5 Å². The van der Waals surface area contributed by atoms with E-state index < -0.39 is 0 Å². The third-order valence-electron chi connectivity index (χ3n) is 2.82. The molecule has 0 aliphatic heterocycles. The van der Waals surface area contributed by atoms with Crippen LogP contribution >= 0.6 is 0 Å². The molecule has 0 fully saturated rings. The molecule has 4 heteroatoms. The molecule has 2 aromatic heterocycles. The van der Waals surface area contributed by atoms with Gasteiger partial charge in [0.15, 0.2) is 0 Å². The first-order chi connectivity index (χ1) is 8.88. The zero-order chi connectivity index (χ0) is 12.4. The molecule has 0 aliphatic carbocycles. The van der Waals surface area contributed by atoms with Crippen LogP contribution < -0.4 is 0 Å². The van der Waals surface area contributed by atoms with E-state index in [2.05, 4.69) is 10.1 Å². The highest BCUT2D eigenvalue weighted by atomic mass is 15.3. The van der Waals surface area contributed by atoms with E-state index in [4.69, 9.17) is 5.26 Å². The van der Waals surface area contributed by atoms with Gasteiger partial charge in [-0.15, -0.1) is 0 Å². The van der Waals surface area contributed by atoms with Crippen molar-refractivity contribution in [3.63, 3.8) is 0 Å². The van der Waals surface area contributed by atoms with Crippen molar-refractivity contribution in [2.24, 2.45) is 0 Å². The fraction of sp³-hybridized carbons (Fsp3) is 0.0714. The van der Waals surface area contributed by atoms with Crippen molar-refractivity contribution in [1.29, 1.82) is 5.26 Å². The van der Waals surface area contributed by atoms with Crippen LogP contribution in [0, 0.1) is 11.5 Å². The minimum Gasteiger partial charge on any atom is -0.253 e. The number of hydrogen-bond acceptors (Lipinski definition) is 3. The highest BCUT2D eigenvalue weighted by molar-refractivity contribution is 5.78. The first kappa shape index (κ1) is 10.5. The molecular formula is C14H10N4. The van der Waals surface area contributed by atoms with Crippen molar-refractivity contribution in [3.05, 3.63) is 59.9 Å². The number of pyridine rings is 1. The molecule has 1 aromatic carbocycles. The largest absolute Gasteiger partial charge is 0.253 e. The lowest BCUT2D eigenvalue weighted by Crippen LogP contribution is -1.93. The number of benzene rings is 1. The summed E-state index contributed by atoms with van der Waals surface area (Å²) in [6.07, 6.45) is 4.45. The molecule has 0 N–H and O–H groups in total. The van der Waals surface area contributed by atoms with Crippen LogP contribution in [0.5, 0.6) is 0 Å². The molecule has 4 nitrogen and oxygen atoms in total. The van der Waals surface area contributed by atoms with Crippen molar-refractivity contribution in [2.75, 3.05) is 0 Å². The minimum absolute atomic E-state index is 0.684. The smallest absolute Gasteiger partial charge is 0.207 e. The van der Waals surface area contributed by atoms with E-state index in [1.165, 1.54) is 4.68 Å². The van der Waals surface area contributed by atoms with Gasteiger partial charge in [-0.1, -0.05) is 30.3 Å². The van der Waals surface area contributed by atoms with E-state index in [1.54, 1.807) is 6.20 Å². The summed E-state index contributed by atoms with van der Waals surface area (Å²) in [6, 6.07) is 13.7. The molecule has 3 aromatic rings. The zero-order valence-corrected chi connectivity index (χ0v) is 9.61. The van der Waals surface area contributed by atoms with Crippen molar-refractivity contribution >= 4 is 11.0 Å². The Morgan fingerprint density at radius 2 is 1.94 bits per heavy atom. The van der Waals surface area contributed by atoms with Gasteiger partial charge >= 0.3 is 0 Å². The summed E-state index contributed by atoms with van der Waals surface area (Å²) < 4.78 is 1.32. The molecule has 0 spiro atoms. The molecule has 0 aliphatic rings. The summed E-state index contributed by atoms with van der Waals surface area (Å²) in [6.45, 7) is 0. The van der Waals surface area contributed by atoms with Crippen molar-refractivity contribution in [1.82, 2.24) is 14.8 Å². The highest BCUT2D eigenvalue weighted by Gasteiger charge is 2.11. The first-order valence-electron chi connectivity index (χ1n) is 5.65. The SMILES string of the molecule is N#Cn1nc(Cc2ccccc2)c2ncccc21. The average molecular weight is 234 g/mol. The quantitative estimate of drug-likeness (QED) is 0.684. The molecule has 0 saturated carbocycles. The van der Waals surface area contributed by atoms with E-state index in [0.717, 1.165) is 22.3 Å². The van der Waals surface area contributed by atoms with Crippen LogP contribution in [-0.2, 0) is 6.42 Å². The number of nitriles is 1. The van der Waals surface area contributed by atoms with Crippen LogP contribution in [0.2, 0.25) is 0 Å². The highest BCUT2D eigenvalue weighted by Crippen LogP contribution is 2.18. The summed E-state index contributed by atoms with van der Waals surface area (Å²) in [7, 11) is 0. The maximum absolute atomic E-state index is 9.04. The van der Waals surface area contributed by atoms with Crippen LogP contribution in [0.25, 0.3) is 11.0 Å². The zero-order valence-electron chi connectivity index (χ0n) is 9.61. The monoisotopic (exact) mass is 234 g/mol. The number of fused-ring (bicyclic) bond motifs is 1. The lowest BCUT2D eigenvalue weighted by atomic mass is 10.1. The Balaban J connectivity index is 2.11. The summed E-state index contributed by atoms with van der Waals surface area (Å²) in [5, 5.41) is 13.3. The van der Waals surface area contributed by atoms with Gasteiger partial charge in [-0.05, 0) is 17.7 Å². The third-order valence-corrected chi connectivity index (χ3v) is 2.82. The van der Waals surface area contributed by atoms with Crippen molar-refractivity contribution in [2.45, 2.75) is 6.42 Å². The number of aromatic nitrogens is 3. The summed E-state index contributed by atoms with van der Waals surface area (Å²) in [4.78, 5) is 4.31. The summed E-state index contributed by atoms with van der Waals surface area (Å²) in [5.41, 5.74) is 3.54. The van der Waals surface area contributed by atoms with E-state index in [0.29, 0.717) is 6.42 Å². The van der Waals surface area contributed by atoms with Crippen LogP contribution in [-0.4, -0.2) is 14.8 Å². The van der Waals surface area contributed by atoms with Gasteiger partial charge in [-0.2, -0.15) is 15.0 Å². The Morgan fingerprint density at radius 3 is 2.72 bits per heavy atom. The molecular weight excluding hydrogens is 224 g/mol. The Morgan fingerprint density at radius 1 is 1.11 bits per heavy atom. The second-order valence-electron chi connectivity index (χ2n) is 3.99. The Bertz CT molecular complexity index is 722. The molecule has 86 valence electrons. The molecule has 0 amide bonds.